The van der Waals surface area contributed by atoms with Gasteiger partial charge in [-0.15, -0.1) is 0 Å². The van der Waals surface area contributed by atoms with E-state index in [2.05, 4.69) is 22.3 Å². The van der Waals surface area contributed by atoms with Crippen LogP contribution in [0.3, 0.4) is 0 Å². The van der Waals surface area contributed by atoms with E-state index in [1.165, 1.54) is 0 Å². The molecule has 0 unspecified atom stereocenters. The molecule has 1 N–H and O–H groups in total. The number of aromatic amines is 1. The molecule has 0 aromatic carbocycles. The van der Waals surface area contributed by atoms with Crippen LogP contribution in [-0.2, 0) is 11.3 Å². The Morgan fingerprint density at radius 2 is 2.33 bits per heavy atom. The number of hydrogen-bond donors (Lipinski definition) is 1. The molecule has 1 aliphatic carbocycles. The molecule has 0 atom stereocenters. The first kappa shape index (κ1) is 9.96. The van der Waals surface area contributed by atoms with E-state index in [9.17, 15) is 4.79 Å². The maximum atomic E-state index is 11.9. The summed E-state index contributed by atoms with van der Waals surface area (Å²) in [7, 11) is 1.84. The third-order valence-corrected chi connectivity index (χ3v) is 2.71. The van der Waals surface area contributed by atoms with Crippen molar-refractivity contribution >= 4 is 5.91 Å². The van der Waals surface area contributed by atoms with Gasteiger partial charge in [0.15, 0.2) is 0 Å². The SMILES string of the molecule is CN(Cc1cn[nH]c1)C(=O)C1CC=CC1. The lowest BCUT2D eigenvalue weighted by Crippen LogP contribution is -2.31. The van der Waals surface area contributed by atoms with Crippen LogP contribution in [0.2, 0.25) is 0 Å². The van der Waals surface area contributed by atoms with Crippen LogP contribution in [0.1, 0.15) is 18.4 Å². The molecule has 1 aromatic rings. The van der Waals surface area contributed by atoms with Crippen LogP contribution >= 0.6 is 0 Å². The number of aromatic nitrogens is 2. The molecule has 2 rings (SSSR count). The third-order valence-electron chi connectivity index (χ3n) is 2.71. The van der Waals surface area contributed by atoms with Crippen LogP contribution in [0.5, 0.6) is 0 Å². The van der Waals surface area contributed by atoms with Gasteiger partial charge in [0.05, 0.1) is 6.20 Å². The lowest BCUT2D eigenvalue weighted by atomic mass is 10.1. The first-order chi connectivity index (χ1) is 7.27. The summed E-state index contributed by atoms with van der Waals surface area (Å²) in [5.74, 6) is 0.378. The zero-order valence-electron chi connectivity index (χ0n) is 8.81. The minimum absolute atomic E-state index is 0.155. The Labute approximate surface area is 89.0 Å². The van der Waals surface area contributed by atoms with Crippen LogP contribution in [-0.4, -0.2) is 28.1 Å². The molecule has 4 nitrogen and oxygen atoms in total. The lowest BCUT2D eigenvalue weighted by Gasteiger charge is -2.20. The Morgan fingerprint density at radius 3 is 2.93 bits per heavy atom. The van der Waals surface area contributed by atoms with E-state index >= 15 is 0 Å². The first-order valence-corrected chi connectivity index (χ1v) is 5.15. The molecule has 4 heteroatoms. The van der Waals surface area contributed by atoms with Crippen LogP contribution in [0.4, 0.5) is 0 Å². The minimum atomic E-state index is 0.155. The van der Waals surface area contributed by atoms with Crippen LogP contribution < -0.4 is 0 Å². The highest BCUT2D eigenvalue weighted by molar-refractivity contribution is 5.79. The van der Waals surface area contributed by atoms with Gasteiger partial charge in [-0.3, -0.25) is 9.89 Å². The van der Waals surface area contributed by atoms with Crippen LogP contribution in [0, 0.1) is 5.92 Å². The van der Waals surface area contributed by atoms with Crippen molar-refractivity contribution < 1.29 is 4.79 Å². The molecule has 0 fully saturated rings. The van der Waals surface area contributed by atoms with Gasteiger partial charge in [0, 0.05) is 31.3 Å². The fourth-order valence-electron chi connectivity index (χ4n) is 1.85. The Kier molecular flexibility index (Phi) is 2.85. The number of carbonyl (C=O) groups is 1. The average Bonchev–Trinajstić information content (AvgIpc) is 2.88. The lowest BCUT2D eigenvalue weighted by molar-refractivity contribution is -0.134. The number of H-pyrrole nitrogens is 1. The molecule has 0 saturated heterocycles. The van der Waals surface area contributed by atoms with E-state index < -0.39 is 0 Å². The Balaban J connectivity index is 1.90. The second-order valence-corrected chi connectivity index (χ2v) is 3.94. The van der Waals surface area contributed by atoms with Gasteiger partial charge < -0.3 is 4.90 Å². The molecule has 0 bridgehead atoms. The molecule has 0 aliphatic heterocycles. The highest BCUT2D eigenvalue weighted by Crippen LogP contribution is 2.20. The van der Waals surface area contributed by atoms with E-state index in [1.54, 1.807) is 11.1 Å². The van der Waals surface area contributed by atoms with Gasteiger partial charge in [-0.25, -0.2) is 0 Å². The number of allylic oxidation sites excluding steroid dienone is 2. The Bertz CT molecular complexity index is 348. The van der Waals surface area contributed by atoms with Crippen molar-refractivity contribution in [1.29, 1.82) is 0 Å². The van der Waals surface area contributed by atoms with Gasteiger partial charge in [-0.1, -0.05) is 12.2 Å². The van der Waals surface area contributed by atoms with Crippen molar-refractivity contribution in [1.82, 2.24) is 15.1 Å². The zero-order chi connectivity index (χ0) is 10.7. The van der Waals surface area contributed by atoms with E-state index in [-0.39, 0.29) is 11.8 Å². The van der Waals surface area contributed by atoms with E-state index in [0.717, 1.165) is 18.4 Å². The molecule has 0 radical (unpaired) electrons. The zero-order valence-corrected chi connectivity index (χ0v) is 8.81. The van der Waals surface area contributed by atoms with Gasteiger partial charge in [0.2, 0.25) is 5.91 Å². The van der Waals surface area contributed by atoms with Crippen molar-refractivity contribution in [2.75, 3.05) is 7.05 Å². The summed E-state index contributed by atoms with van der Waals surface area (Å²) in [5, 5.41) is 6.60. The molecule has 1 amide bonds. The minimum Gasteiger partial charge on any atom is -0.341 e. The van der Waals surface area contributed by atoms with Gasteiger partial charge in [0.1, 0.15) is 0 Å². The summed E-state index contributed by atoms with van der Waals surface area (Å²) < 4.78 is 0. The predicted octanol–water partition coefficient (Wildman–Crippen LogP) is 1.33. The van der Waals surface area contributed by atoms with Crippen molar-refractivity contribution in [2.45, 2.75) is 19.4 Å². The molecule has 1 aromatic heterocycles. The van der Waals surface area contributed by atoms with Gasteiger partial charge in [-0.05, 0) is 12.8 Å². The predicted molar refractivity (Wildman–Crippen MR) is 56.9 cm³/mol. The molecular weight excluding hydrogens is 190 g/mol. The number of rotatable bonds is 3. The second kappa shape index (κ2) is 4.29. The van der Waals surface area contributed by atoms with E-state index in [1.807, 2.05) is 13.2 Å². The van der Waals surface area contributed by atoms with Gasteiger partial charge >= 0.3 is 0 Å². The number of hydrogen-bond acceptors (Lipinski definition) is 2. The summed E-state index contributed by atoms with van der Waals surface area (Å²) in [6.07, 6.45) is 9.49. The maximum absolute atomic E-state index is 11.9. The summed E-state index contributed by atoms with van der Waals surface area (Å²) in [5.41, 5.74) is 1.04. The van der Waals surface area contributed by atoms with E-state index in [4.69, 9.17) is 0 Å². The largest absolute Gasteiger partial charge is 0.341 e. The summed E-state index contributed by atoms with van der Waals surface area (Å²) in [6.45, 7) is 0.631. The standard InChI is InChI=1S/C11H15N3O/c1-14(8-9-6-12-13-7-9)11(15)10-4-2-3-5-10/h2-3,6-7,10H,4-5,8H2,1H3,(H,12,13). The summed E-state index contributed by atoms with van der Waals surface area (Å²) in [4.78, 5) is 13.7. The fraction of sp³-hybridized carbons (Fsp3) is 0.455. The van der Waals surface area contributed by atoms with Crippen LogP contribution in [0.15, 0.2) is 24.5 Å². The molecular formula is C11H15N3O. The van der Waals surface area contributed by atoms with Crippen LogP contribution in [0.25, 0.3) is 0 Å². The molecule has 1 aliphatic rings. The smallest absolute Gasteiger partial charge is 0.226 e. The van der Waals surface area contributed by atoms with Crippen molar-refractivity contribution in [2.24, 2.45) is 5.92 Å². The Morgan fingerprint density at radius 1 is 1.60 bits per heavy atom. The monoisotopic (exact) mass is 205 g/mol. The number of nitrogens with zero attached hydrogens (tertiary/aromatic N) is 2. The fourth-order valence-corrected chi connectivity index (χ4v) is 1.85. The quantitative estimate of drug-likeness (QED) is 0.757. The molecule has 15 heavy (non-hydrogen) atoms. The van der Waals surface area contributed by atoms with Crippen molar-refractivity contribution in [3.63, 3.8) is 0 Å². The maximum Gasteiger partial charge on any atom is 0.226 e. The second-order valence-electron chi connectivity index (χ2n) is 3.94. The van der Waals surface area contributed by atoms with Crippen molar-refractivity contribution in [3.05, 3.63) is 30.1 Å². The number of carbonyl (C=O) groups excluding carboxylic acids is 1. The molecule has 0 saturated carbocycles. The van der Waals surface area contributed by atoms with Crippen molar-refractivity contribution in [3.8, 4) is 0 Å². The summed E-state index contributed by atoms with van der Waals surface area (Å²) >= 11 is 0. The Hall–Kier alpha value is -1.58. The van der Waals surface area contributed by atoms with Gasteiger partial charge in [-0.2, -0.15) is 5.10 Å². The average molecular weight is 205 g/mol. The third kappa shape index (κ3) is 2.26. The highest BCUT2D eigenvalue weighted by atomic mass is 16.2. The first-order valence-electron chi connectivity index (χ1n) is 5.15. The molecule has 80 valence electrons. The van der Waals surface area contributed by atoms with E-state index in [0.29, 0.717) is 6.54 Å². The summed E-state index contributed by atoms with van der Waals surface area (Å²) in [6, 6.07) is 0. The highest BCUT2D eigenvalue weighted by Gasteiger charge is 2.22. The normalized spacial score (nSPS) is 15.8. The molecule has 1 heterocycles. The topological polar surface area (TPSA) is 49.0 Å². The molecule has 0 spiro atoms. The van der Waals surface area contributed by atoms with Gasteiger partial charge in [0.25, 0.3) is 0 Å². The number of nitrogens with one attached hydrogen (secondary N) is 1. The number of amides is 1.